The Morgan fingerprint density at radius 1 is 1.41 bits per heavy atom. The maximum absolute atomic E-state index is 12.3. The summed E-state index contributed by atoms with van der Waals surface area (Å²) in [6.45, 7) is 6.16. The minimum atomic E-state index is 0.0306. The minimum Gasteiger partial charge on any atom is -0.333 e. The number of piperidine rings is 1. The number of aromatic nitrogens is 2. The predicted molar refractivity (Wildman–Crippen MR) is 89.5 cm³/mol. The molecular weight excluding hydrogens is 316 g/mol. The number of carbonyl (C=O) groups excluding carboxylic acids is 1. The molecule has 2 aromatic rings. The van der Waals surface area contributed by atoms with Gasteiger partial charge in [0, 0.05) is 35.5 Å². The molecule has 1 saturated heterocycles. The maximum Gasteiger partial charge on any atom is 0.317 e. The summed E-state index contributed by atoms with van der Waals surface area (Å²) in [4.78, 5) is 24.1. The third-order valence-corrected chi connectivity index (χ3v) is 5.99. The second-order valence-corrected chi connectivity index (χ2v) is 7.75. The molecule has 0 aliphatic carbocycles. The Morgan fingerprint density at radius 3 is 2.77 bits per heavy atom. The van der Waals surface area contributed by atoms with Gasteiger partial charge in [0.25, 0.3) is 0 Å². The van der Waals surface area contributed by atoms with Crippen LogP contribution in [0.25, 0.3) is 0 Å². The lowest BCUT2D eigenvalue weighted by molar-refractivity contribution is 0.181. The van der Waals surface area contributed by atoms with Crippen LogP contribution in [0, 0.1) is 13.8 Å². The van der Waals surface area contributed by atoms with E-state index in [2.05, 4.69) is 15.3 Å². The summed E-state index contributed by atoms with van der Waals surface area (Å²) in [7, 11) is 0. The van der Waals surface area contributed by atoms with Crippen LogP contribution in [-0.4, -0.2) is 34.0 Å². The molecule has 0 unspecified atom stereocenters. The van der Waals surface area contributed by atoms with Gasteiger partial charge in [-0.25, -0.2) is 14.8 Å². The van der Waals surface area contributed by atoms with Crippen LogP contribution < -0.4 is 5.32 Å². The van der Waals surface area contributed by atoms with Crippen molar-refractivity contribution >= 4 is 28.7 Å². The van der Waals surface area contributed by atoms with Crippen LogP contribution in [-0.2, 0) is 6.54 Å². The molecule has 0 saturated carbocycles. The number of carbonyl (C=O) groups is 1. The number of aryl methyl sites for hydroxylation is 2. The van der Waals surface area contributed by atoms with Crippen molar-refractivity contribution in [2.24, 2.45) is 0 Å². The summed E-state index contributed by atoms with van der Waals surface area (Å²) in [6.07, 6.45) is 3.86. The second kappa shape index (κ2) is 6.75. The van der Waals surface area contributed by atoms with E-state index in [-0.39, 0.29) is 6.03 Å². The molecule has 1 aliphatic heterocycles. The van der Waals surface area contributed by atoms with Gasteiger partial charge in [-0.15, -0.1) is 22.7 Å². The van der Waals surface area contributed by atoms with E-state index in [0.29, 0.717) is 12.5 Å². The number of nitrogens with zero attached hydrogens (tertiary/aromatic N) is 3. The minimum absolute atomic E-state index is 0.0306. The Hall–Kier alpha value is -1.47. The van der Waals surface area contributed by atoms with Gasteiger partial charge in [0.15, 0.2) is 0 Å². The quantitative estimate of drug-likeness (QED) is 0.935. The molecule has 1 aliphatic rings. The Morgan fingerprint density at radius 2 is 2.18 bits per heavy atom. The van der Waals surface area contributed by atoms with Crippen molar-refractivity contribution in [3.8, 4) is 0 Å². The number of amides is 2. The molecule has 1 fully saturated rings. The van der Waals surface area contributed by atoms with Gasteiger partial charge in [-0.2, -0.15) is 0 Å². The third-order valence-electron chi connectivity index (χ3n) is 3.98. The van der Waals surface area contributed by atoms with Crippen LogP contribution in [0.4, 0.5) is 4.79 Å². The van der Waals surface area contributed by atoms with E-state index in [1.165, 1.54) is 5.01 Å². The summed E-state index contributed by atoms with van der Waals surface area (Å²) in [5.41, 5.74) is 1.02. The van der Waals surface area contributed by atoms with Crippen LogP contribution >= 0.6 is 22.7 Å². The molecule has 0 radical (unpaired) electrons. The van der Waals surface area contributed by atoms with Crippen molar-refractivity contribution in [1.82, 2.24) is 20.2 Å². The van der Waals surface area contributed by atoms with Gasteiger partial charge in [0.2, 0.25) is 0 Å². The number of nitrogens with one attached hydrogen (secondary N) is 1. The van der Waals surface area contributed by atoms with E-state index in [9.17, 15) is 4.79 Å². The van der Waals surface area contributed by atoms with Crippen LogP contribution in [0.2, 0.25) is 0 Å². The summed E-state index contributed by atoms with van der Waals surface area (Å²) in [6, 6.07) is 0.0306. The molecule has 2 amide bonds. The van der Waals surface area contributed by atoms with E-state index in [1.54, 1.807) is 22.7 Å². The topological polar surface area (TPSA) is 58.1 Å². The highest BCUT2D eigenvalue weighted by Crippen LogP contribution is 2.29. The molecule has 3 heterocycles. The molecule has 0 spiro atoms. The number of likely N-dealkylation sites (tertiary alicyclic amines) is 1. The van der Waals surface area contributed by atoms with Gasteiger partial charge in [-0.1, -0.05) is 0 Å². The average molecular weight is 336 g/mol. The van der Waals surface area contributed by atoms with Crippen molar-refractivity contribution in [2.75, 3.05) is 13.1 Å². The fraction of sp³-hybridized carbons (Fsp3) is 0.533. The number of urea groups is 1. The molecule has 3 rings (SSSR count). The maximum atomic E-state index is 12.3. The van der Waals surface area contributed by atoms with Crippen LogP contribution in [0.1, 0.15) is 39.3 Å². The summed E-state index contributed by atoms with van der Waals surface area (Å²) >= 11 is 3.37. The Bertz CT molecular complexity index is 630. The first-order chi connectivity index (χ1) is 10.6. The zero-order chi connectivity index (χ0) is 15.5. The standard InChI is InChI=1S/C15H20N4OS2/c1-10-13(22-11(2)18-10)9-17-15(20)19-6-3-12(4-7-19)14-16-5-8-21-14/h5,8,12H,3-4,6-7,9H2,1-2H3,(H,17,20). The first-order valence-electron chi connectivity index (χ1n) is 7.48. The lowest BCUT2D eigenvalue weighted by atomic mass is 9.98. The zero-order valence-corrected chi connectivity index (χ0v) is 14.5. The molecule has 2 aromatic heterocycles. The predicted octanol–water partition coefficient (Wildman–Crippen LogP) is 3.31. The highest BCUT2D eigenvalue weighted by atomic mass is 32.1. The molecule has 7 heteroatoms. The SMILES string of the molecule is Cc1nc(C)c(CNC(=O)N2CCC(c3nccs3)CC2)s1. The first-order valence-corrected chi connectivity index (χ1v) is 9.18. The Balaban J connectivity index is 1.49. The Labute approximate surface area is 138 Å². The number of hydrogen-bond donors (Lipinski definition) is 1. The van der Waals surface area contributed by atoms with Gasteiger partial charge in [0.05, 0.1) is 22.3 Å². The lowest BCUT2D eigenvalue weighted by Gasteiger charge is -2.31. The molecule has 1 N–H and O–H groups in total. The molecule has 5 nitrogen and oxygen atoms in total. The number of thiazole rings is 2. The lowest BCUT2D eigenvalue weighted by Crippen LogP contribution is -2.43. The van der Waals surface area contributed by atoms with Gasteiger partial charge in [-0.3, -0.25) is 0 Å². The number of rotatable bonds is 3. The van der Waals surface area contributed by atoms with Crippen molar-refractivity contribution in [1.29, 1.82) is 0 Å². The van der Waals surface area contributed by atoms with Gasteiger partial charge < -0.3 is 10.2 Å². The van der Waals surface area contributed by atoms with Crippen LogP contribution in [0.5, 0.6) is 0 Å². The average Bonchev–Trinajstić information content (AvgIpc) is 3.15. The zero-order valence-electron chi connectivity index (χ0n) is 12.8. The highest BCUT2D eigenvalue weighted by molar-refractivity contribution is 7.11. The summed E-state index contributed by atoms with van der Waals surface area (Å²) in [5, 5.41) is 7.29. The smallest absolute Gasteiger partial charge is 0.317 e. The van der Waals surface area contributed by atoms with E-state index in [1.807, 2.05) is 30.3 Å². The van der Waals surface area contributed by atoms with Gasteiger partial charge in [-0.05, 0) is 26.7 Å². The first kappa shape index (κ1) is 15.4. The monoisotopic (exact) mass is 336 g/mol. The van der Waals surface area contributed by atoms with E-state index < -0.39 is 0 Å². The fourth-order valence-corrected chi connectivity index (χ4v) is 4.46. The third kappa shape index (κ3) is 3.47. The summed E-state index contributed by atoms with van der Waals surface area (Å²) < 4.78 is 0. The van der Waals surface area contributed by atoms with Crippen LogP contribution in [0.15, 0.2) is 11.6 Å². The Kier molecular flexibility index (Phi) is 4.73. The van der Waals surface area contributed by atoms with Crippen molar-refractivity contribution < 1.29 is 4.79 Å². The van der Waals surface area contributed by atoms with Crippen molar-refractivity contribution in [3.63, 3.8) is 0 Å². The largest absolute Gasteiger partial charge is 0.333 e. The van der Waals surface area contributed by atoms with Crippen LogP contribution in [0.3, 0.4) is 0 Å². The van der Waals surface area contributed by atoms with E-state index >= 15 is 0 Å². The second-order valence-electron chi connectivity index (χ2n) is 5.53. The highest BCUT2D eigenvalue weighted by Gasteiger charge is 2.25. The molecule has 0 bridgehead atoms. The molecule has 0 aromatic carbocycles. The summed E-state index contributed by atoms with van der Waals surface area (Å²) in [5.74, 6) is 0.510. The van der Waals surface area contributed by atoms with E-state index in [0.717, 1.165) is 41.5 Å². The van der Waals surface area contributed by atoms with Gasteiger partial charge >= 0.3 is 6.03 Å². The fourth-order valence-electron chi connectivity index (χ4n) is 2.77. The molecule has 22 heavy (non-hydrogen) atoms. The van der Waals surface area contributed by atoms with Crippen molar-refractivity contribution in [3.05, 3.63) is 32.2 Å². The normalized spacial score (nSPS) is 16.0. The van der Waals surface area contributed by atoms with E-state index in [4.69, 9.17) is 0 Å². The molecular formula is C15H20N4OS2. The number of hydrogen-bond acceptors (Lipinski definition) is 5. The molecule has 0 atom stereocenters. The van der Waals surface area contributed by atoms with Crippen molar-refractivity contribution in [2.45, 2.75) is 39.2 Å². The van der Waals surface area contributed by atoms with Gasteiger partial charge in [0.1, 0.15) is 0 Å². The molecule has 118 valence electrons.